The van der Waals surface area contributed by atoms with Gasteiger partial charge >= 0.3 is 0 Å². The molecule has 1 aliphatic rings. The summed E-state index contributed by atoms with van der Waals surface area (Å²) >= 11 is 0. The van der Waals surface area contributed by atoms with Crippen molar-refractivity contribution in [2.45, 2.75) is 25.9 Å². The van der Waals surface area contributed by atoms with E-state index in [1.807, 2.05) is 0 Å². The molecule has 0 radical (unpaired) electrons. The number of aliphatic hydroxyl groups excluding tert-OH is 1. The van der Waals surface area contributed by atoms with E-state index in [-0.39, 0.29) is 24.1 Å². The number of halogens is 1. The highest BCUT2D eigenvalue weighted by atomic mass is 19.1. The SMILES string of the molecule is CCN1CCC(C(O)COc2ccccc2F)CC1. The molecule has 0 aliphatic carbocycles. The van der Waals surface area contributed by atoms with Crippen LogP contribution in [-0.2, 0) is 0 Å². The van der Waals surface area contributed by atoms with Crippen molar-refractivity contribution in [3.05, 3.63) is 30.1 Å². The summed E-state index contributed by atoms with van der Waals surface area (Å²) in [6.07, 6.45) is 1.45. The minimum Gasteiger partial charge on any atom is -0.488 e. The third-order valence-electron chi connectivity index (χ3n) is 3.87. The molecule has 3 nitrogen and oxygen atoms in total. The molecular formula is C15H22FNO2. The first-order valence-electron chi connectivity index (χ1n) is 6.98. The van der Waals surface area contributed by atoms with Gasteiger partial charge in [0.15, 0.2) is 11.6 Å². The molecule has 0 saturated carbocycles. The van der Waals surface area contributed by atoms with Crippen LogP contribution in [0.3, 0.4) is 0 Å². The van der Waals surface area contributed by atoms with Crippen LogP contribution < -0.4 is 4.74 Å². The number of rotatable bonds is 5. The summed E-state index contributed by atoms with van der Waals surface area (Å²) in [5.41, 5.74) is 0. The number of nitrogens with zero attached hydrogens (tertiary/aromatic N) is 1. The zero-order valence-corrected chi connectivity index (χ0v) is 11.4. The molecule has 1 aromatic rings. The van der Waals surface area contributed by atoms with Gasteiger partial charge in [-0.25, -0.2) is 4.39 Å². The van der Waals surface area contributed by atoms with Gasteiger partial charge in [-0.1, -0.05) is 19.1 Å². The smallest absolute Gasteiger partial charge is 0.165 e. The lowest BCUT2D eigenvalue weighted by Gasteiger charge is -2.33. The monoisotopic (exact) mass is 267 g/mol. The van der Waals surface area contributed by atoms with Gasteiger partial charge in [-0.05, 0) is 50.5 Å². The summed E-state index contributed by atoms with van der Waals surface area (Å²) in [5, 5.41) is 10.1. The molecule has 2 rings (SSSR count). The Hall–Kier alpha value is -1.13. The molecule has 1 unspecified atom stereocenters. The highest BCUT2D eigenvalue weighted by Gasteiger charge is 2.25. The predicted octanol–water partition coefficient (Wildman–Crippen LogP) is 2.30. The molecule has 1 atom stereocenters. The number of likely N-dealkylation sites (tertiary alicyclic amines) is 1. The maximum atomic E-state index is 13.4. The van der Waals surface area contributed by atoms with E-state index in [1.54, 1.807) is 18.2 Å². The Labute approximate surface area is 114 Å². The second-order valence-corrected chi connectivity index (χ2v) is 5.08. The minimum absolute atomic E-state index is 0.164. The van der Waals surface area contributed by atoms with Crippen LogP contribution >= 0.6 is 0 Å². The maximum Gasteiger partial charge on any atom is 0.165 e. The lowest BCUT2D eigenvalue weighted by molar-refractivity contribution is 0.0257. The summed E-state index contributed by atoms with van der Waals surface area (Å²) in [4.78, 5) is 2.38. The van der Waals surface area contributed by atoms with Crippen LogP contribution in [0.5, 0.6) is 5.75 Å². The molecule has 1 fully saturated rings. The topological polar surface area (TPSA) is 32.7 Å². The fraction of sp³-hybridized carbons (Fsp3) is 0.600. The van der Waals surface area contributed by atoms with Crippen molar-refractivity contribution in [2.24, 2.45) is 5.92 Å². The number of para-hydroxylation sites is 1. The Bertz CT molecular complexity index is 391. The zero-order chi connectivity index (χ0) is 13.7. The van der Waals surface area contributed by atoms with Crippen molar-refractivity contribution in [1.82, 2.24) is 4.90 Å². The fourth-order valence-electron chi connectivity index (χ4n) is 2.53. The predicted molar refractivity (Wildman–Crippen MR) is 72.7 cm³/mol. The summed E-state index contributed by atoms with van der Waals surface area (Å²) in [5.74, 6) is 0.0950. The van der Waals surface area contributed by atoms with Crippen molar-refractivity contribution in [2.75, 3.05) is 26.2 Å². The zero-order valence-electron chi connectivity index (χ0n) is 11.4. The van der Waals surface area contributed by atoms with Gasteiger partial charge in [0.25, 0.3) is 0 Å². The Morgan fingerprint density at radius 2 is 2.05 bits per heavy atom. The van der Waals surface area contributed by atoms with Gasteiger partial charge in [0.2, 0.25) is 0 Å². The summed E-state index contributed by atoms with van der Waals surface area (Å²) in [7, 11) is 0. The molecular weight excluding hydrogens is 245 g/mol. The maximum absolute atomic E-state index is 13.4. The summed E-state index contributed by atoms with van der Waals surface area (Å²) in [6.45, 7) is 5.43. The summed E-state index contributed by atoms with van der Waals surface area (Å²) in [6, 6.07) is 6.30. The van der Waals surface area contributed by atoms with E-state index < -0.39 is 6.10 Å². The van der Waals surface area contributed by atoms with Crippen LogP contribution in [0.1, 0.15) is 19.8 Å². The van der Waals surface area contributed by atoms with Crippen LogP contribution in [0.2, 0.25) is 0 Å². The Morgan fingerprint density at radius 3 is 2.68 bits per heavy atom. The van der Waals surface area contributed by atoms with E-state index >= 15 is 0 Å². The quantitative estimate of drug-likeness (QED) is 0.888. The van der Waals surface area contributed by atoms with Gasteiger partial charge in [0.1, 0.15) is 6.61 Å². The van der Waals surface area contributed by atoms with Crippen LogP contribution in [0.15, 0.2) is 24.3 Å². The number of benzene rings is 1. The lowest BCUT2D eigenvalue weighted by Crippen LogP contribution is -2.39. The summed E-state index contributed by atoms with van der Waals surface area (Å²) < 4.78 is 18.7. The highest BCUT2D eigenvalue weighted by Crippen LogP contribution is 2.22. The molecule has 106 valence electrons. The molecule has 0 spiro atoms. The van der Waals surface area contributed by atoms with Gasteiger partial charge < -0.3 is 14.7 Å². The highest BCUT2D eigenvalue weighted by molar-refractivity contribution is 5.23. The van der Waals surface area contributed by atoms with Crippen LogP contribution in [0, 0.1) is 11.7 Å². The van der Waals surface area contributed by atoms with Crippen molar-refractivity contribution < 1.29 is 14.2 Å². The Balaban J connectivity index is 1.79. The van der Waals surface area contributed by atoms with E-state index in [2.05, 4.69) is 11.8 Å². The number of hydrogen-bond acceptors (Lipinski definition) is 3. The van der Waals surface area contributed by atoms with Gasteiger partial charge in [-0.15, -0.1) is 0 Å². The Kier molecular flexibility index (Phi) is 5.16. The van der Waals surface area contributed by atoms with Crippen LogP contribution in [0.25, 0.3) is 0 Å². The molecule has 0 bridgehead atoms. The normalized spacial score (nSPS) is 19.3. The molecule has 0 aromatic heterocycles. The molecule has 1 saturated heterocycles. The number of hydrogen-bond donors (Lipinski definition) is 1. The number of ether oxygens (including phenoxy) is 1. The van der Waals surface area contributed by atoms with Crippen molar-refractivity contribution in [3.8, 4) is 5.75 Å². The minimum atomic E-state index is -0.515. The van der Waals surface area contributed by atoms with E-state index in [1.165, 1.54) is 6.07 Å². The van der Waals surface area contributed by atoms with E-state index in [4.69, 9.17) is 4.74 Å². The molecule has 1 N–H and O–H groups in total. The van der Waals surface area contributed by atoms with Gasteiger partial charge in [-0.3, -0.25) is 0 Å². The average Bonchev–Trinajstić information content (AvgIpc) is 2.46. The van der Waals surface area contributed by atoms with Gasteiger partial charge in [0, 0.05) is 0 Å². The molecule has 19 heavy (non-hydrogen) atoms. The van der Waals surface area contributed by atoms with Crippen molar-refractivity contribution in [3.63, 3.8) is 0 Å². The van der Waals surface area contributed by atoms with Gasteiger partial charge in [-0.2, -0.15) is 0 Å². The molecule has 1 aliphatic heterocycles. The number of aliphatic hydroxyl groups is 1. The Morgan fingerprint density at radius 1 is 1.37 bits per heavy atom. The fourth-order valence-corrected chi connectivity index (χ4v) is 2.53. The second kappa shape index (κ2) is 6.87. The molecule has 0 amide bonds. The lowest BCUT2D eigenvalue weighted by atomic mass is 9.91. The first-order chi connectivity index (χ1) is 9.20. The first-order valence-corrected chi connectivity index (χ1v) is 6.98. The third kappa shape index (κ3) is 3.91. The standard InChI is InChI=1S/C15H22FNO2/c1-2-17-9-7-12(8-10-17)14(18)11-19-15-6-4-3-5-13(15)16/h3-6,12,14,18H,2,7-11H2,1H3. The largest absolute Gasteiger partial charge is 0.488 e. The second-order valence-electron chi connectivity index (χ2n) is 5.08. The third-order valence-corrected chi connectivity index (χ3v) is 3.87. The van der Waals surface area contributed by atoms with E-state index in [9.17, 15) is 9.50 Å². The molecule has 1 aromatic carbocycles. The van der Waals surface area contributed by atoms with Crippen molar-refractivity contribution in [1.29, 1.82) is 0 Å². The number of piperidine rings is 1. The van der Waals surface area contributed by atoms with Crippen molar-refractivity contribution >= 4 is 0 Å². The van der Waals surface area contributed by atoms with E-state index in [0.29, 0.717) is 0 Å². The molecule has 1 heterocycles. The van der Waals surface area contributed by atoms with Crippen LogP contribution in [-0.4, -0.2) is 42.4 Å². The first kappa shape index (κ1) is 14.3. The van der Waals surface area contributed by atoms with E-state index in [0.717, 1.165) is 32.5 Å². The molecule has 4 heteroatoms. The average molecular weight is 267 g/mol. The van der Waals surface area contributed by atoms with Crippen LogP contribution in [0.4, 0.5) is 4.39 Å². The van der Waals surface area contributed by atoms with Gasteiger partial charge in [0.05, 0.1) is 6.10 Å².